The first-order valence-corrected chi connectivity index (χ1v) is 10.1. The topological polar surface area (TPSA) is 71.8 Å². The van der Waals surface area contributed by atoms with Crippen LogP contribution in [0.5, 0.6) is 0 Å². The largest absolute Gasteiger partial charge is 0.351 e. The second kappa shape index (κ2) is 10.6. The summed E-state index contributed by atoms with van der Waals surface area (Å²) in [5.41, 5.74) is 3.99. The van der Waals surface area contributed by atoms with Gasteiger partial charge in [0, 0.05) is 6.54 Å². The molecule has 2 heterocycles. The fraction of sp³-hybridized carbons (Fsp3) is 0.571. The van der Waals surface area contributed by atoms with Crippen LogP contribution in [-0.4, -0.2) is 40.5 Å². The SMILES string of the molecule is Cc1c(C(=O)NCCCc2ccc(C(C)C)cc2)nnn1C1CCNCC1.Cl. The van der Waals surface area contributed by atoms with E-state index in [-0.39, 0.29) is 18.3 Å². The Morgan fingerprint density at radius 1 is 1.25 bits per heavy atom. The predicted molar refractivity (Wildman–Crippen MR) is 114 cm³/mol. The third kappa shape index (κ3) is 5.55. The molecule has 1 aliphatic rings. The molecule has 0 aliphatic carbocycles. The van der Waals surface area contributed by atoms with Crippen LogP contribution in [0.2, 0.25) is 0 Å². The summed E-state index contributed by atoms with van der Waals surface area (Å²) in [6.07, 6.45) is 3.93. The zero-order valence-electron chi connectivity index (χ0n) is 17.1. The first-order chi connectivity index (χ1) is 13.1. The fourth-order valence-electron chi connectivity index (χ4n) is 3.60. The zero-order chi connectivity index (χ0) is 19.2. The third-order valence-corrected chi connectivity index (χ3v) is 5.37. The molecule has 1 aromatic heterocycles. The van der Waals surface area contributed by atoms with Gasteiger partial charge in [-0.2, -0.15) is 0 Å². The minimum Gasteiger partial charge on any atom is -0.351 e. The van der Waals surface area contributed by atoms with E-state index in [0.29, 0.717) is 24.2 Å². The molecular weight excluding hydrogens is 374 g/mol. The number of hydrogen-bond acceptors (Lipinski definition) is 4. The molecule has 1 saturated heterocycles. The smallest absolute Gasteiger partial charge is 0.273 e. The molecule has 0 atom stereocenters. The average Bonchev–Trinajstić information content (AvgIpc) is 3.07. The maximum atomic E-state index is 12.5. The minimum atomic E-state index is -0.122. The van der Waals surface area contributed by atoms with Crippen LogP contribution in [0.15, 0.2) is 24.3 Å². The second-order valence-corrected chi connectivity index (χ2v) is 7.70. The van der Waals surface area contributed by atoms with Crippen molar-refractivity contribution in [2.75, 3.05) is 19.6 Å². The number of rotatable bonds is 7. The lowest BCUT2D eigenvalue weighted by Crippen LogP contribution is -2.30. The highest BCUT2D eigenvalue weighted by atomic mass is 35.5. The van der Waals surface area contributed by atoms with Gasteiger partial charge in [-0.05, 0) is 62.7 Å². The molecule has 0 saturated carbocycles. The van der Waals surface area contributed by atoms with Crippen LogP contribution in [0.3, 0.4) is 0 Å². The van der Waals surface area contributed by atoms with Crippen molar-refractivity contribution in [1.82, 2.24) is 25.6 Å². The van der Waals surface area contributed by atoms with Gasteiger partial charge in [0.05, 0.1) is 11.7 Å². The Labute approximate surface area is 173 Å². The maximum Gasteiger partial charge on any atom is 0.273 e. The highest BCUT2D eigenvalue weighted by molar-refractivity contribution is 5.93. The summed E-state index contributed by atoms with van der Waals surface area (Å²) in [6.45, 7) is 8.96. The van der Waals surface area contributed by atoms with E-state index in [2.05, 4.69) is 59.1 Å². The van der Waals surface area contributed by atoms with Gasteiger partial charge in [0.25, 0.3) is 5.91 Å². The molecule has 6 nitrogen and oxygen atoms in total. The number of piperidine rings is 1. The predicted octanol–water partition coefficient (Wildman–Crippen LogP) is 3.42. The minimum absolute atomic E-state index is 0. The second-order valence-electron chi connectivity index (χ2n) is 7.70. The quantitative estimate of drug-likeness (QED) is 0.692. The molecule has 1 aliphatic heterocycles. The number of hydrogen-bond donors (Lipinski definition) is 2. The summed E-state index contributed by atoms with van der Waals surface area (Å²) in [4.78, 5) is 12.5. The van der Waals surface area contributed by atoms with Gasteiger partial charge >= 0.3 is 0 Å². The Morgan fingerprint density at radius 2 is 1.93 bits per heavy atom. The van der Waals surface area contributed by atoms with E-state index in [1.165, 1.54) is 11.1 Å². The lowest BCUT2D eigenvalue weighted by Gasteiger charge is -2.23. The van der Waals surface area contributed by atoms with Gasteiger partial charge in [-0.15, -0.1) is 17.5 Å². The van der Waals surface area contributed by atoms with Crippen molar-refractivity contribution >= 4 is 18.3 Å². The molecule has 0 radical (unpaired) electrons. The van der Waals surface area contributed by atoms with Crippen LogP contribution in [0.1, 0.15) is 72.4 Å². The van der Waals surface area contributed by atoms with Crippen LogP contribution >= 0.6 is 12.4 Å². The number of nitrogens with one attached hydrogen (secondary N) is 2. The van der Waals surface area contributed by atoms with Crippen LogP contribution < -0.4 is 10.6 Å². The van der Waals surface area contributed by atoms with Gasteiger partial charge in [-0.25, -0.2) is 4.68 Å². The van der Waals surface area contributed by atoms with Gasteiger partial charge in [0.2, 0.25) is 0 Å². The number of nitrogens with zero attached hydrogens (tertiary/aromatic N) is 3. The van der Waals surface area contributed by atoms with Crippen molar-refractivity contribution in [3.63, 3.8) is 0 Å². The Bertz CT molecular complexity index is 751. The van der Waals surface area contributed by atoms with Crippen molar-refractivity contribution in [2.24, 2.45) is 0 Å². The third-order valence-electron chi connectivity index (χ3n) is 5.37. The number of benzene rings is 1. The van der Waals surface area contributed by atoms with E-state index in [0.717, 1.165) is 44.5 Å². The Balaban J connectivity index is 0.00000280. The number of carbonyl (C=O) groups is 1. The summed E-state index contributed by atoms with van der Waals surface area (Å²) < 4.78 is 1.92. The number of halogens is 1. The number of carbonyl (C=O) groups excluding carboxylic acids is 1. The molecule has 1 aromatic carbocycles. The van der Waals surface area contributed by atoms with Gasteiger partial charge in [0.15, 0.2) is 5.69 Å². The van der Waals surface area contributed by atoms with Crippen LogP contribution in [-0.2, 0) is 6.42 Å². The molecule has 2 N–H and O–H groups in total. The number of aryl methyl sites for hydroxylation is 1. The number of amides is 1. The van der Waals surface area contributed by atoms with E-state index in [9.17, 15) is 4.79 Å². The van der Waals surface area contributed by atoms with Crippen molar-refractivity contribution in [3.8, 4) is 0 Å². The molecule has 154 valence electrons. The lowest BCUT2D eigenvalue weighted by molar-refractivity contribution is 0.0947. The van der Waals surface area contributed by atoms with Crippen molar-refractivity contribution in [1.29, 1.82) is 0 Å². The Morgan fingerprint density at radius 3 is 2.57 bits per heavy atom. The van der Waals surface area contributed by atoms with Crippen molar-refractivity contribution < 1.29 is 4.79 Å². The monoisotopic (exact) mass is 405 g/mol. The molecule has 7 heteroatoms. The molecular formula is C21H32ClN5O. The highest BCUT2D eigenvalue weighted by Gasteiger charge is 2.22. The summed E-state index contributed by atoms with van der Waals surface area (Å²) in [7, 11) is 0. The van der Waals surface area contributed by atoms with Crippen LogP contribution in [0.25, 0.3) is 0 Å². The zero-order valence-corrected chi connectivity index (χ0v) is 17.9. The summed E-state index contributed by atoms with van der Waals surface area (Å²) in [6, 6.07) is 9.11. The lowest BCUT2D eigenvalue weighted by atomic mass is 10.0. The van der Waals surface area contributed by atoms with Gasteiger partial charge < -0.3 is 10.6 Å². The summed E-state index contributed by atoms with van der Waals surface area (Å²) in [5.74, 6) is 0.433. The molecule has 28 heavy (non-hydrogen) atoms. The van der Waals surface area contributed by atoms with E-state index >= 15 is 0 Å². The normalized spacial score (nSPS) is 14.7. The Hall–Kier alpha value is -1.92. The molecule has 0 bridgehead atoms. The molecule has 1 amide bonds. The van der Waals surface area contributed by atoms with Gasteiger partial charge in [-0.1, -0.05) is 43.3 Å². The average molecular weight is 406 g/mol. The molecule has 3 rings (SSSR count). The Kier molecular flexibility index (Phi) is 8.45. The summed E-state index contributed by atoms with van der Waals surface area (Å²) >= 11 is 0. The standard InChI is InChI=1S/C21H31N5O.ClH/c1-15(2)18-8-6-17(7-9-18)5-4-12-23-21(27)20-16(3)26(25-24-20)19-10-13-22-14-11-19;/h6-9,15,19,22H,4-5,10-14H2,1-3H3,(H,23,27);1H. The molecule has 2 aromatic rings. The van der Waals surface area contributed by atoms with Gasteiger partial charge in [0.1, 0.15) is 0 Å². The van der Waals surface area contributed by atoms with E-state index in [1.807, 2.05) is 11.6 Å². The van der Waals surface area contributed by atoms with Crippen molar-refractivity contribution in [3.05, 3.63) is 46.8 Å². The van der Waals surface area contributed by atoms with Crippen LogP contribution in [0.4, 0.5) is 0 Å². The molecule has 1 fully saturated rings. The van der Waals surface area contributed by atoms with E-state index in [1.54, 1.807) is 0 Å². The highest BCUT2D eigenvalue weighted by Crippen LogP contribution is 2.20. The molecule has 0 spiro atoms. The van der Waals surface area contributed by atoms with Crippen molar-refractivity contribution in [2.45, 2.75) is 58.4 Å². The van der Waals surface area contributed by atoms with E-state index < -0.39 is 0 Å². The van der Waals surface area contributed by atoms with Crippen LogP contribution in [0, 0.1) is 6.92 Å². The maximum absolute atomic E-state index is 12.5. The fourth-order valence-corrected chi connectivity index (χ4v) is 3.60. The van der Waals surface area contributed by atoms with E-state index in [4.69, 9.17) is 0 Å². The summed E-state index contributed by atoms with van der Waals surface area (Å²) in [5, 5.41) is 14.7. The first-order valence-electron chi connectivity index (χ1n) is 10.1. The first kappa shape index (κ1) is 22.4. The molecule has 0 unspecified atom stereocenters. The number of aromatic nitrogens is 3. The van der Waals surface area contributed by atoms with Gasteiger partial charge in [-0.3, -0.25) is 4.79 Å².